The molecule has 4 aliphatic rings. The maximum absolute atomic E-state index is 12.9. The molecular formula is C26H23NO9S2. The molecule has 0 aliphatic carbocycles. The fraction of sp³-hybridized carbons (Fsp3) is 0.192. The van der Waals surface area contributed by atoms with Gasteiger partial charge in [0.25, 0.3) is 0 Å². The van der Waals surface area contributed by atoms with Crippen molar-refractivity contribution in [2.45, 2.75) is 41.0 Å². The van der Waals surface area contributed by atoms with E-state index in [1.54, 1.807) is 0 Å². The van der Waals surface area contributed by atoms with E-state index < -0.39 is 48.0 Å². The molecule has 198 valence electrons. The van der Waals surface area contributed by atoms with Crippen LogP contribution in [0, 0.1) is 0 Å². The first kappa shape index (κ1) is 25.9. The van der Waals surface area contributed by atoms with Crippen LogP contribution in [0.3, 0.4) is 0 Å². The predicted octanol–water partition coefficient (Wildman–Crippen LogP) is 3.53. The highest BCUT2D eigenvalue weighted by Crippen LogP contribution is 2.46. The monoisotopic (exact) mass is 557 g/mol. The van der Waals surface area contributed by atoms with Gasteiger partial charge in [0.2, 0.25) is 0 Å². The molecule has 8 bridgehead atoms. The van der Waals surface area contributed by atoms with Crippen molar-refractivity contribution in [1.29, 1.82) is 0 Å². The molecule has 0 saturated carbocycles. The van der Waals surface area contributed by atoms with Crippen LogP contribution in [-0.2, 0) is 28.7 Å². The number of carboxylic acid groups (broad SMARTS) is 1. The summed E-state index contributed by atoms with van der Waals surface area (Å²) in [6, 6.07) is 12.4. The van der Waals surface area contributed by atoms with E-state index in [1.807, 2.05) is 0 Å². The lowest BCUT2D eigenvalue weighted by Gasteiger charge is -2.24. The van der Waals surface area contributed by atoms with Gasteiger partial charge in [-0.1, -0.05) is 30.7 Å². The maximum atomic E-state index is 12.9. The summed E-state index contributed by atoms with van der Waals surface area (Å²) in [6.07, 6.45) is 0.713. The van der Waals surface area contributed by atoms with Gasteiger partial charge in [-0.2, -0.15) is 16.8 Å². The molecule has 5 N–H and O–H groups in total. The highest BCUT2D eigenvalue weighted by molar-refractivity contribution is 7.99. The van der Waals surface area contributed by atoms with Gasteiger partial charge in [-0.05, 0) is 70.8 Å². The Morgan fingerprint density at radius 3 is 1.74 bits per heavy atom. The molecule has 10 nitrogen and oxygen atoms in total. The van der Waals surface area contributed by atoms with Crippen LogP contribution >= 0.6 is 0 Å². The summed E-state index contributed by atoms with van der Waals surface area (Å²) in [6.45, 7) is 0. The molecule has 0 radical (unpaired) electrons. The number of aliphatic carboxylic acids is 1. The molecule has 0 aromatic heterocycles. The van der Waals surface area contributed by atoms with Crippen LogP contribution in [0.5, 0.6) is 11.5 Å². The van der Waals surface area contributed by atoms with Crippen molar-refractivity contribution < 1.29 is 40.6 Å². The minimum Gasteiger partial charge on any atom is -0.508 e. The molecule has 0 spiro atoms. The zero-order chi connectivity index (χ0) is 27.4. The Hall–Kier alpha value is -3.71. The number of aromatic hydroxyl groups is 2. The molecule has 0 saturated heterocycles. The molecule has 1 atom stereocenters. The van der Waals surface area contributed by atoms with E-state index in [-0.39, 0.29) is 24.3 Å². The maximum Gasteiger partial charge on any atom is 0.320 e. The number of phenolic OH excluding ortho intramolecular Hbond substituents is 2. The normalized spacial score (nSPS) is 17.3. The van der Waals surface area contributed by atoms with Gasteiger partial charge >= 0.3 is 26.2 Å². The van der Waals surface area contributed by atoms with Crippen molar-refractivity contribution in [2.24, 2.45) is 5.73 Å². The van der Waals surface area contributed by atoms with E-state index in [0.29, 0.717) is 39.1 Å². The second kappa shape index (κ2) is 9.24. The number of phenols is 2. The lowest BCUT2D eigenvalue weighted by Crippen LogP contribution is -2.29. The minimum absolute atomic E-state index is 0.111. The van der Waals surface area contributed by atoms with Crippen molar-refractivity contribution >= 4 is 47.8 Å². The van der Waals surface area contributed by atoms with Gasteiger partial charge < -0.3 is 21.1 Å². The topological polar surface area (TPSA) is 181 Å². The molecule has 0 amide bonds. The second-order valence-electron chi connectivity index (χ2n) is 9.17. The Balaban J connectivity index is 1.85. The van der Waals surface area contributed by atoms with Crippen LogP contribution in [0.15, 0.2) is 70.5 Å². The molecule has 4 aromatic carbocycles. The lowest BCUT2D eigenvalue weighted by molar-refractivity contribution is -0.138. The first-order valence-corrected chi connectivity index (χ1v) is 14.4. The lowest BCUT2D eigenvalue weighted by atomic mass is 9.81. The van der Waals surface area contributed by atoms with Gasteiger partial charge in [0.1, 0.15) is 17.5 Å². The van der Waals surface area contributed by atoms with Crippen molar-refractivity contribution in [3.05, 3.63) is 71.8 Å². The average molecular weight is 558 g/mol. The highest BCUT2D eigenvalue weighted by Gasteiger charge is 2.31. The number of carboxylic acids is 1. The summed E-state index contributed by atoms with van der Waals surface area (Å²) >= 11 is 0. The van der Waals surface area contributed by atoms with Crippen LogP contribution in [0.2, 0.25) is 0 Å². The van der Waals surface area contributed by atoms with E-state index in [0.717, 1.165) is 0 Å². The zero-order valence-corrected chi connectivity index (χ0v) is 21.4. The Labute approximate surface area is 218 Å². The second-order valence-corrected chi connectivity index (χ2v) is 12.5. The molecule has 38 heavy (non-hydrogen) atoms. The van der Waals surface area contributed by atoms with E-state index in [1.165, 1.54) is 60.7 Å². The smallest absolute Gasteiger partial charge is 0.320 e. The van der Waals surface area contributed by atoms with Crippen molar-refractivity contribution in [3.63, 3.8) is 0 Å². The van der Waals surface area contributed by atoms with Gasteiger partial charge in [-0.15, -0.1) is 3.63 Å². The molecule has 1 unspecified atom stereocenters. The van der Waals surface area contributed by atoms with E-state index >= 15 is 0 Å². The summed E-state index contributed by atoms with van der Waals surface area (Å²) in [5.74, 6) is -2.06. The van der Waals surface area contributed by atoms with Gasteiger partial charge in [0.15, 0.2) is 0 Å². The Kier molecular flexibility index (Phi) is 6.30. The largest absolute Gasteiger partial charge is 0.508 e. The highest BCUT2D eigenvalue weighted by atomic mass is 32.3. The van der Waals surface area contributed by atoms with Gasteiger partial charge in [0, 0.05) is 17.0 Å². The summed E-state index contributed by atoms with van der Waals surface area (Å²) in [5.41, 5.74) is 6.50. The molecule has 4 heterocycles. The zero-order valence-electron chi connectivity index (χ0n) is 19.7. The number of hydrogen-bond donors (Lipinski definition) is 4. The fourth-order valence-electron chi connectivity index (χ4n) is 4.98. The van der Waals surface area contributed by atoms with Crippen molar-refractivity contribution in [2.75, 3.05) is 0 Å². The van der Waals surface area contributed by atoms with Crippen LogP contribution < -0.4 is 5.73 Å². The molecular weight excluding hydrogens is 534 g/mol. The Bertz CT molecular complexity index is 1710. The molecule has 8 rings (SSSR count). The van der Waals surface area contributed by atoms with Crippen LogP contribution in [0.25, 0.3) is 21.5 Å². The average Bonchev–Trinajstić information content (AvgIpc) is 2.85. The summed E-state index contributed by atoms with van der Waals surface area (Å²) in [5, 5.41) is 32.9. The van der Waals surface area contributed by atoms with Crippen molar-refractivity contribution in [3.8, 4) is 11.5 Å². The number of hydrogen-bond acceptors (Lipinski definition) is 9. The number of carbonyl (C=O) groups is 1. The predicted molar refractivity (Wildman–Crippen MR) is 138 cm³/mol. The van der Waals surface area contributed by atoms with Crippen LogP contribution in [-0.4, -0.2) is 44.2 Å². The van der Waals surface area contributed by atoms with Gasteiger partial charge in [-0.3, -0.25) is 4.79 Å². The molecule has 12 heteroatoms. The minimum atomic E-state index is -4.73. The molecule has 0 fully saturated rings. The Morgan fingerprint density at radius 2 is 1.29 bits per heavy atom. The molecule has 4 aliphatic heterocycles. The van der Waals surface area contributed by atoms with Crippen molar-refractivity contribution in [1.82, 2.24) is 0 Å². The van der Waals surface area contributed by atoms with E-state index in [9.17, 15) is 36.9 Å². The first-order valence-electron chi connectivity index (χ1n) is 11.6. The number of benzene rings is 4. The quantitative estimate of drug-likeness (QED) is 0.283. The fourth-order valence-corrected chi connectivity index (χ4v) is 7.56. The third-order valence-electron chi connectivity index (χ3n) is 6.80. The summed E-state index contributed by atoms with van der Waals surface area (Å²) in [4.78, 5) is 10.5. The third-order valence-corrected chi connectivity index (χ3v) is 9.89. The summed E-state index contributed by atoms with van der Waals surface area (Å²) < 4.78 is 56.4. The van der Waals surface area contributed by atoms with Crippen LogP contribution in [0.4, 0.5) is 0 Å². The first-order chi connectivity index (χ1) is 17.9. The standard InChI is InChI=1S/C26H23NO9S2/c27-21(26(30)31)3-1-2-20-24-18-8-6-16(12-14(18)4-10-22(24)28)37(32,33)36-38(34,35)17-7-9-19-15(13-17)5-11-23(29)25(19)20/h4-13,20-21,28-29H,1-3,27H2,(H,30,31). The number of nitrogens with two attached hydrogens (primary N) is 1. The number of rotatable bonds is 5. The van der Waals surface area contributed by atoms with E-state index in [2.05, 4.69) is 3.63 Å². The SMILES string of the molecule is NC(CCCC1c2c(O)ccc3cc(ccc23)S(=O)(=O)OS(=O)(=O)c2ccc3c1c(O)ccc3c2)C(=O)O. The van der Waals surface area contributed by atoms with Gasteiger partial charge in [0.05, 0.1) is 9.79 Å². The molecule has 4 aromatic rings. The van der Waals surface area contributed by atoms with Crippen LogP contribution in [0.1, 0.15) is 36.3 Å². The summed E-state index contributed by atoms with van der Waals surface area (Å²) in [7, 11) is -9.46. The van der Waals surface area contributed by atoms with E-state index in [4.69, 9.17) is 5.73 Å². The van der Waals surface area contributed by atoms with Gasteiger partial charge in [-0.25, -0.2) is 0 Å². The Morgan fingerprint density at radius 1 is 0.816 bits per heavy atom. The third kappa shape index (κ3) is 4.45.